The number of rotatable bonds is 3. The first-order valence-corrected chi connectivity index (χ1v) is 9.31. The van der Waals surface area contributed by atoms with Crippen LogP contribution in [0.15, 0.2) is 28.9 Å². The third-order valence-electron chi connectivity index (χ3n) is 3.79. The maximum atomic E-state index is 13.6. The molecule has 128 valence electrons. The van der Waals surface area contributed by atoms with Crippen LogP contribution in [0.1, 0.15) is 23.7 Å². The maximum Gasteiger partial charge on any atom is 0.235 e. The van der Waals surface area contributed by atoms with E-state index in [-0.39, 0.29) is 6.04 Å². The molecule has 4 rings (SSSR count). The summed E-state index contributed by atoms with van der Waals surface area (Å²) < 4.78 is 17.9. The van der Waals surface area contributed by atoms with Gasteiger partial charge in [-0.3, -0.25) is 4.68 Å². The molecule has 0 aliphatic rings. The van der Waals surface area contributed by atoms with Crippen molar-refractivity contribution in [3.63, 3.8) is 0 Å². The summed E-state index contributed by atoms with van der Waals surface area (Å²) >= 11 is 11.1. The lowest BCUT2D eigenvalue weighted by molar-refractivity contribution is 0.551. The van der Waals surface area contributed by atoms with Crippen LogP contribution in [0.5, 0.6) is 0 Å². The number of nitrogens with zero attached hydrogens (tertiary/aromatic N) is 6. The van der Waals surface area contributed by atoms with Gasteiger partial charge in [-0.2, -0.15) is 14.7 Å². The highest BCUT2D eigenvalue weighted by Gasteiger charge is 2.20. The van der Waals surface area contributed by atoms with Crippen LogP contribution in [0.3, 0.4) is 0 Å². The molecule has 3 aromatic heterocycles. The van der Waals surface area contributed by atoms with E-state index in [1.165, 1.54) is 29.5 Å². The molecular weight excluding hydrogens is 431 g/mol. The van der Waals surface area contributed by atoms with E-state index in [0.717, 1.165) is 15.2 Å². The Labute approximate surface area is 159 Å². The van der Waals surface area contributed by atoms with Gasteiger partial charge in [-0.15, -0.1) is 10.2 Å². The molecule has 6 nitrogen and oxygen atoms in total. The minimum Gasteiger partial charge on any atom is -0.262 e. The molecular formula is C15H11BrClFN6S. The fourth-order valence-corrected chi connectivity index (χ4v) is 3.78. The normalized spacial score (nSPS) is 12.8. The molecule has 0 fully saturated rings. The van der Waals surface area contributed by atoms with Gasteiger partial charge in [-0.25, -0.2) is 4.39 Å². The largest absolute Gasteiger partial charge is 0.262 e. The van der Waals surface area contributed by atoms with Crippen molar-refractivity contribution in [1.29, 1.82) is 0 Å². The van der Waals surface area contributed by atoms with Gasteiger partial charge in [0.25, 0.3) is 0 Å². The maximum absolute atomic E-state index is 13.6. The molecule has 25 heavy (non-hydrogen) atoms. The molecule has 0 saturated heterocycles. The molecule has 4 aromatic rings. The minimum atomic E-state index is -0.392. The van der Waals surface area contributed by atoms with Gasteiger partial charge in [0.05, 0.1) is 15.2 Å². The third kappa shape index (κ3) is 2.86. The zero-order valence-electron chi connectivity index (χ0n) is 13.1. The minimum absolute atomic E-state index is 0.0764. The highest BCUT2D eigenvalue weighted by atomic mass is 79.9. The second-order valence-corrected chi connectivity index (χ2v) is 7.75. The van der Waals surface area contributed by atoms with Crippen molar-refractivity contribution in [2.75, 3.05) is 0 Å². The molecule has 10 heteroatoms. The zero-order chi connectivity index (χ0) is 17.7. The first-order valence-electron chi connectivity index (χ1n) is 7.33. The number of halogens is 3. The van der Waals surface area contributed by atoms with E-state index in [2.05, 4.69) is 36.3 Å². The summed E-state index contributed by atoms with van der Waals surface area (Å²) in [6, 6.07) is 4.05. The molecule has 0 unspecified atom stereocenters. The van der Waals surface area contributed by atoms with Crippen molar-refractivity contribution >= 4 is 43.8 Å². The molecule has 0 radical (unpaired) electrons. The van der Waals surface area contributed by atoms with Gasteiger partial charge in [0.15, 0.2) is 5.82 Å². The van der Waals surface area contributed by atoms with Crippen LogP contribution in [0.4, 0.5) is 4.39 Å². The number of fused-ring (bicyclic) bond motifs is 1. The fraction of sp³-hybridized carbons (Fsp3) is 0.200. The Hall–Kier alpha value is -1.84. The molecule has 1 aromatic carbocycles. The summed E-state index contributed by atoms with van der Waals surface area (Å²) in [6.45, 7) is 3.93. The summed E-state index contributed by atoms with van der Waals surface area (Å²) in [5, 5.41) is 18.5. The fourth-order valence-electron chi connectivity index (χ4n) is 2.41. The van der Waals surface area contributed by atoms with E-state index >= 15 is 0 Å². The SMILES string of the molecule is Cc1nn([C@@H](C)c2nn3c(-c4cc(F)ccc4Cl)nnc3s2)cc1Br. The molecule has 0 amide bonds. The number of hydrogen-bond donors (Lipinski definition) is 0. The van der Waals surface area contributed by atoms with Gasteiger partial charge in [-0.05, 0) is 48.0 Å². The first-order chi connectivity index (χ1) is 11.9. The Morgan fingerprint density at radius 1 is 1.28 bits per heavy atom. The predicted octanol–water partition coefficient (Wildman–Crippen LogP) is 4.52. The molecule has 0 saturated carbocycles. The average Bonchev–Trinajstić information content (AvgIpc) is 3.24. The highest BCUT2D eigenvalue weighted by molar-refractivity contribution is 9.10. The van der Waals surface area contributed by atoms with Crippen molar-refractivity contribution in [2.45, 2.75) is 19.9 Å². The second kappa shape index (κ2) is 6.15. The highest BCUT2D eigenvalue weighted by Crippen LogP contribution is 2.31. The lowest BCUT2D eigenvalue weighted by Crippen LogP contribution is -2.08. The van der Waals surface area contributed by atoms with E-state index in [9.17, 15) is 4.39 Å². The van der Waals surface area contributed by atoms with E-state index in [4.69, 9.17) is 11.6 Å². The smallest absolute Gasteiger partial charge is 0.235 e. The van der Waals surface area contributed by atoms with E-state index in [0.29, 0.717) is 21.4 Å². The Morgan fingerprint density at radius 2 is 2.08 bits per heavy atom. The van der Waals surface area contributed by atoms with E-state index in [1.807, 2.05) is 24.7 Å². The van der Waals surface area contributed by atoms with Crippen molar-refractivity contribution in [3.8, 4) is 11.4 Å². The van der Waals surface area contributed by atoms with E-state index < -0.39 is 5.82 Å². The van der Waals surface area contributed by atoms with Gasteiger partial charge in [0.2, 0.25) is 4.96 Å². The summed E-state index contributed by atoms with van der Waals surface area (Å²) in [5.41, 5.74) is 1.36. The van der Waals surface area contributed by atoms with Gasteiger partial charge in [0, 0.05) is 11.8 Å². The number of aromatic nitrogens is 6. The third-order valence-corrected chi connectivity index (χ3v) is 5.96. The average molecular weight is 442 g/mol. The molecule has 3 heterocycles. The lowest BCUT2D eigenvalue weighted by Gasteiger charge is -2.07. The van der Waals surface area contributed by atoms with Gasteiger partial charge >= 0.3 is 0 Å². The van der Waals surface area contributed by atoms with Crippen molar-refractivity contribution in [1.82, 2.24) is 29.6 Å². The van der Waals surface area contributed by atoms with Crippen LogP contribution in [-0.2, 0) is 0 Å². The van der Waals surface area contributed by atoms with Crippen LogP contribution < -0.4 is 0 Å². The van der Waals surface area contributed by atoms with Gasteiger partial charge in [-0.1, -0.05) is 22.9 Å². The number of benzene rings is 1. The van der Waals surface area contributed by atoms with Crippen molar-refractivity contribution < 1.29 is 4.39 Å². The van der Waals surface area contributed by atoms with Gasteiger partial charge in [0.1, 0.15) is 16.9 Å². The first kappa shape index (κ1) is 16.6. The number of aryl methyl sites for hydroxylation is 1. The molecule has 0 N–H and O–H groups in total. The predicted molar refractivity (Wildman–Crippen MR) is 97.5 cm³/mol. The van der Waals surface area contributed by atoms with Crippen molar-refractivity contribution in [2.24, 2.45) is 0 Å². The summed E-state index contributed by atoms with van der Waals surface area (Å²) in [5.74, 6) is 0.0175. The van der Waals surface area contributed by atoms with E-state index in [1.54, 1.807) is 4.52 Å². The summed E-state index contributed by atoms with van der Waals surface area (Å²) in [7, 11) is 0. The molecule has 1 atom stereocenters. The Balaban J connectivity index is 1.79. The molecule has 0 bridgehead atoms. The van der Waals surface area contributed by atoms with Crippen LogP contribution >= 0.6 is 38.9 Å². The van der Waals surface area contributed by atoms with Crippen LogP contribution in [0.2, 0.25) is 5.02 Å². The Bertz CT molecular complexity index is 1070. The van der Waals surface area contributed by atoms with Crippen LogP contribution in [-0.4, -0.2) is 29.6 Å². The lowest BCUT2D eigenvalue weighted by atomic mass is 10.2. The Morgan fingerprint density at radius 3 is 2.80 bits per heavy atom. The molecule has 0 aliphatic heterocycles. The van der Waals surface area contributed by atoms with Gasteiger partial charge < -0.3 is 0 Å². The zero-order valence-corrected chi connectivity index (χ0v) is 16.3. The Kier molecular flexibility index (Phi) is 4.09. The second-order valence-electron chi connectivity index (χ2n) is 5.50. The molecule has 0 aliphatic carbocycles. The van der Waals surface area contributed by atoms with Crippen LogP contribution in [0, 0.1) is 12.7 Å². The monoisotopic (exact) mass is 440 g/mol. The topological polar surface area (TPSA) is 60.9 Å². The number of hydrogen-bond acceptors (Lipinski definition) is 5. The standard InChI is InChI=1S/C15H11BrClFN6S/c1-7-11(16)6-23(21-7)8(2)14-22-24-13(19-20-15(24)25-14)10-5-9(18)3-4-12(10)17/h3-6,8H,1-2H3/t8-/m0/s1. The van der Waals surface area contributed by atoms with Crippen molar-refractivity contribution in [3.05, 3.63) is 50.4 Å². The summed E-state index contributed by atoms with van der Waals surface area (Å²) in [6.07, 6.45) is 1.91. The quantitative estimate of drug-likeness (QED) is 0.469. The summed E-state index contributed by atoms with van der Waals surface area (Å²) in [4.78, 5) is 0.611. The molecule has 0 spiro atoms. The van der Waals surface area contributed by atoms with Crippen LogP contribution in [0.25, 0.3) is 16.3 Å².